The lowest BCUT2D eigenvalue weighted by atomic mass is 10.2. The summed E-state index contributed by atoms with van der Waals surface area (Å²) in [6, 6.07) is 14.3. The van der Waals surface area contributed by atoms with Crippen LogP contribution in [0, 0.1) is 10.1 Å². The van der Waals surface area contributed by atoms with Gasteiger partial charge in [0.05, 0.1) is 20.7 Å². The number of sulfonamides is 1. The highest BCUT2D eigenvalue weighted by Crippen LogP contribution is 2.24. The van der Waals surface area contributed by atoms with Gasteiger partial charge in [-0.25, -0.2) is 8.42 Å². The zero-order chi connectivity index (χ0) is 21.9. The third-order valence-electron chi connectivity index (χ3n) is 4.09. The highest BCUT2D eigenvalue weighted by Gasteiger charge is 2.18. The Hall–Kier alpha value is -2.95. The molecule has 3 rings (SSSR count). The summed E-state index contributed by atoms with van der Waals surface area (Å²) in [5.41, 5.74) is 0.290. The van der Waals surface area contributed by atoms with Crippen LogP contribution in [0.5, 0.6) is 0 Å². The number of nitrogens with zero attached hydrogens (tertiary/aromatic N) is 2. The van der Waals surface area contributed by atoms with E-state index in [2.05, 4.69) is 4.72 Å². The molecule has 2 aromatic carbocycles. The Morgan fingerprint density at radius 3 is 2.47 bits per heavy atom. The molecule has 0 unspecified atom stereocenters. The van der Waals surface area contributed by atoms with Crippen LogP contribution in [0.1, 0.15) is 15.2 Å². The first kappa shape index (κ1) is 21.8. The molecule has 0 aliphatic rings. The van der Waals surface area contributed by atoms with E-state index < -0.39 is 14.9 Å². The van der Waals surface area contributed by atoms with E-state index in [4.69, 9.17) is 11.6 Å². The van der Waals surface area contributed by atoms with E-state index in [1.54, 1.807) is 13.1 Å². The summed E-state index contributed by atoms with van der Waals surface area (Å²) in [6.07, 6.45) is 0. The maximum absolute atomic E-state index is 12.6. The van der Waals surface area contributed by atoms with E-state index in [1.807, 2.05) is 6.07 Å². The van der Waals surface area contributed by atoms with Gasteiger partial charge in [-0.2, -0.15) is 0 Å². The van der Waals surface area contributed by atoms with Crippen LogP contribution in [-0.4, -0.2) is 31.2 Å². The molecule has 8 nitrogen and oxygen atoms in total. The quantitative estimate of drug-likeness (QED) is 0.411. The summed E-state index contributed by atoms with van der Waals surface area (Å²) in [5.74, 6) is -0.229. The number of halogens is 1. The van der Waals surface area contributed by atoms with Crippen molar-refractivity contribution in [1.29, 1.82) is 0 Å². The minimum Gasteiger partial charge on any atom is -0.337 e. The smallest absolute Gasteiger partial charge is 0.270 e. The molecule has 3 aromatic rings. The molecule has 156 valence electrons. The summed E-state index contributed by atoms with van der Waals surface area (Å²) in [4.78, 5) is 25.0. The van der Waals surface area contributed by atoms with Crippen molar-refractivity contribution in [2.24, 2.45) is 0 Å². The van der Waals surface area contributed by atoms with E-state index in [0.717, 1.165) is 10.9 Å². The molecule has 0 radical (unpaired) electrons. The maximum Gasteiger partial charge on any atom is 0.270 e. The van der Waals surface area contributed by atoms with Crippen molar-refractivity contribution < 1.29 is 18.1 Å². The van der Waals surface area contributed by atoms with E-state index in [0.29, 0.717) is 16.4 Å². The molecule has 1 aromatic heterocycles. The first-order valence-electron chi connectivity index (χ1n) is 8.53. The lowest BCUT2D eigenvalue weighted by Crippen LogP contribution is -2.25. The van der Waals surface area contributed by atoms with Gasteiger partial charge in [0, 0.05) is 35.3 Å². The maximum atomic E-state index is 12.6. The highest BCUT2D eigenvalue weighted by molar-refractivity contribution is 7.92. The number of hydrogen-bond acceptors (Lipinski definition) is 6. The molecule has 0 fully saturated rings. The fourth-order valence-electron chi connectivity index (χ4n) is 2.62. The van der Waals surface area contributed by atoms with Crippen molar-refractivity contribution in [2.45, 2.75) is 11.4 Å². The van der Waals surface area contributed by atoms with Crippen molar-refractivity contribution in [3.05, 3.63) is 85.6 Å². The average Bonchev–Trinajstić information content (AvgIpc) is 3.12. The first-order valence-corrected chi connectivity index (χ1v) is 11.2. The van der Waals surface area contributed by atoms with Crippen molar-refractivity contribution in [2.75, 3.05) is 11.8 Å². The Morgan fingerprint density at radius 1 is 1.17 bits per heavy atom. The summed E-state index contributed by atoms with van der Waals surface area (Å²) in [6.45, 7) is 0.400. The Labute approximate surface area is 181 Å². The van der Waals surface area contributed by atoms with Gasteiger partial charge in [-0.15, -0.1) is 11.3 Å². The monoisotopic (exact) mass is 465 g/mol. The van der Waals surface area contributed by atoms with Crippen LogP contribution in [-0.2, 0) is 16.6 Å². The summed E-state index contributed by atoms with van der Waals surface area (Å²) in [7, 11) is -2.36. The van der Waals surface area contributed by atoms with Crippen LogP contribution in [0.3, 0.4) is 0 Å². The average molecular weight is 466 g/mol. The standard InChI is InChI=1S/C19H16ClN3O5S2/c1-22(12-16-9-10-18(20)29-16)19(24)13-5-7-14(8-6-13)21-30(27,28)17-4-2-3-15(11-17)23(25)26/h2-11,21H,12H2,1H3. The summed E-state index contributed by atoms with van der Waals surface area (Å²) in [5, 5.41) is 10.9. The summed E-state index contributed by atoms with van der Waals surface area (Å²) >= 11 is 7.30. The van der Waals surface area contributed by atoms with E-state index in [-0.39, 0.29) is 22.2 Å². The minimum atomic E-state index is -4.02. The number of nitro groups is 1. The second kappa shape index (κ2) is 8.82. The van der Waals surface area contributed by atoms with Gasteiger partial charge in [-0.3, -0.25) is 19.6 Å². The number of nitrogens with one attached hydrogen (secondary N) is 1. The molecule has 0 spiro atoms. The number of amides is 1. The number of rotatable bonds is 7. The molecule has 11 heteroatoms. The molecule has 0 atom stereocenters. The van der Waals surface area contributed by atoms with Gasteiger partial charge < -0.3 is 4.90 Å². The molecule has 30 heavy (non-hydrogen) atoms. The molecule has 0 saturated carbocycles. The van der Waals surface area contributed by atoms with Gasteiger partial charge in [0.1, 0.15) is 0 Å². The van der Waals surface area contributed by atoms with E-state index in [9.17, 15) is 23.3 Å². The van der Waals surface area contributed by atoms with Crippen LogP contribution in [0.2, 0.25) is 4.34 Å². The summed E-state index contributed by atoms with van der Waals surface area (Å²) < 4.78 is 28.0. The van der Waals surface area contributed by atoms with Crippen molar-refractivity contribution in [1.82, 2.24) is 4.90 Å². The number of benzene rings is 2. The predicted octanol–water partition coefficient (Wildman–Crippen LogP) is 4.38. The molecule has 1 N–H and O–H groups in total. The van der Waals surface area contributed by atoms with Gasteiger partial charge in [0.2, 0.25) is 0 Å². The minimum absolute atomic E-state index is 0.228. The number of anilines is 1. The third-order valence-corrected chi connectivity index (χ3v) is 6.69. The molecule has 1 heterocycles. The SMILES string of the molecule is CN(Cc1ccc(Cl)s1)C(=O)c1ccc(NS(=O)(=O)c2cccc([N+](=O)[O-])c2)cc1. The van der Waals surface area contributed by atoms with Gasteiger partial charge in [-0.05, 0) is 42.5 Å². The van der Waals surface area contributed by atoms with Gasteiger partial charge in [0.25, 0.3) is 21.6 Å². The normalized spacial score (nSPS) is 11.1. The largest absolute Gasteiger partial charge is 0.337 e. The zero-order valence-electron chi connectivity index (χ0n) is 15.6. The van der Waals surface area contributed by atoms with Crippen LogP contribution in [0.4, 0.5) is 11.4 Å². The highest BCUT2D eigenvalue weighted by atomic mass is 35.5. The third kappa shape index (κ3) is 5.15. The Morgan fingerprint density at radius 2 is 1.87 bits per heavy atom. The van der Waals surface area contributed by atoms with Crippen LogP contribution in [0.15, 0.2) is 65.6 Å². The predicted molar refractivity (Wildman–Crippen MR) is 115 cm³/mol. The number of hydrogen-bond donors (Lipinski definition) is 1. The van der Waals surface area contributed by atoms with Crippen LogP contribution < -0.4 is 4.72 Å². The number of carbonyl (C=O) groups excluding carboxylic acids is 1. The molecular weight excluding hydrogens is 450 g/mol. The molecule has 0 aliphatic carbocycles. The fraction of sp³-hybridized carbons (Fsp3) is 0.105. The van der Waals surface area contributed by atoms with Crippen LogP contribution >= 0.6 is 22.9 Å². The molecule has 0 aliphatic heterocycles. The topological polar surface area (TPSA) is 110 Å². The van der Waals surface area contributed by atoms with Crippen molar-refractivity contribution in [3.63, 3.8) is 0 Å². The van der Waals surface area contributed by atoms with E-state index in [1.165, 1.54) is 58.7 Å². The second-order valence-corrected chi connectivity index (χ2v) is 9.79. The Bertz CT molecular complexity index is 1190. The second-order valence-electron chi connectivity index (χ2n) is 6.30. The van der Waals surface area contributed by atoms with Gasteiger partial charge in [-0.1, -0.05) is 17.7 Å². The molecule has 0 saturated heterocycles. The lowest BCUT2D eigenvalue weighted by molar-refractivity contribution is -0.385. The number of thiophene rings is 1. The Balaban J connectivity index is 1.71. The zero-order valence-corrected chi connectivity index (χ0v) is 18.0. The van der Waals surface area contributed by atoms with Crippen LogP contribution in [0.25, 0.3) is 0 Å². The van der Waals surface area contributed by atoms with Crippen molar-refractivity contribution >= 4 is 50.2 Å². The Kier molecular flexibility index (Phi) is 6.40. The molecule has 1 amide bonds. The van der Waals surface area contributed by atoms with E-state index >= 15 is 0 Å². The fourth-order valence-corrected chi connectivity index (χ4v) is 4.86. The molecular formula is C19H16ClN3O5S2. The number of non-ortho nitro benzene ring substituents is 1. The lowest BCUT2D eigenvalue weighted by Gasteiger charge is -2.16. The van der Waals surface area contributed by atoms with Gasteiger partial charge in [0.15, 0.2) is 0 Å². The van der Waals surface area contributed by atoms with Gasteiger partial charge >= 0.3 is 0 Å². The number of nitro benzene ring substituents is 1. The molecule has 0 bridgehead atoms. The first-order chi connectivity index (χ1) is 14.2. The number of carbonyl (C=O) groups is 1. The van der Waals surface area contributed by atoms with Crippen molar-refractivity contribution in [3.8, 4) is 0 Å².